The quantitative estimate of drug-likeness (QED) is 0.219. The molecule has 5 rings (SSSR count). The fourth-order valence-electron chi connectivity index (χ4n) is 4.97. The average molecular weight is 563 g/mol. The highest BCUT2D eigenvalue weighted by Gasteiger charge is 2.29. The average Bonchev–Trinajstić information content (AvgIpc) is 3.01. The molecule has 0 atom stereocenters. The number of aryl methyl sites for hydroxylation is 1. The predicted octanol–water partition coefficient (Wildman–Crippen LogP) is 5.57. The van der Waals surface area contributed by atoms with Crippen molar-refractivity contribution in [2.75, 3.05) is 31.3 Å². The number of hydrogen-bond acceptors (Lipinski definition) is 8. The number of aromatic nitrogens is 3. The molecule has 40 heavy (non-hydrogen) atoms. The second kappa shape index (κ2) is 12.8. The van der Waals surface area contributed by atoms with Crippen LogP contribution in [0, 0.1) is 5.92 Å². The Morgan fingerprint density at radius 2 is 1.55 bits per heavy atom. The van der Waals surface area contributed by atoms with E-state index in [1.165, 1.54) is 11.8 Å². The smallest absolute Gasteiger partial charge is 0.331 e. The van der Waals surface area contributed by atoms with Crippen molar-refractivity contribution in [3.63, 3.8) is 0 Å². The second-order valence-electron chi connectivity index (χ2n) is 10.1. The number of nitrogens with zero attached hydrogens (tertiary/aromatic N) is 4. The SMILES string of the molecule is COc1nc(N2CCC(CCP(=O)(OCc3ccccc3)OCc3ccccc3)CC2)cc2cnn(C)c(=O)c12. The molecule has 0 amide bonds. The lowest BCUT2D eigenvalue weighted by molar-refractivity contribution is 0.188. The topological polar surface area (TPSA) is 95.8 Å². The van der Waals surface area contributed by atoms with Gasteiger partial charge in [0.15, 0.2) is 0 Å². The van der Waals surface area contributed by atoms with Crippen LogP contribution in [0.15, 0.2) is 77.7 Å². The molecule has 1 aliphatic rings. The van der Waals surface area contributed by atoms with Gasteiger partial charge < -0.3 is 18.7 Å². The Labute approximate surface area is 234 Å². The van der Waals surface area contributed by atoms with E-state index in [9.17, 15) is 9.36 Å². The minimum absolute atomic E-state index is 0.236. The van der Waals surface area contributed by atoms with Gasteiger partial charge in [0.2, 0.25) is 5.88 Å². The number of fused-ring (bicyclic) bond motifs is 1. The van der Waals surface area contributed by atoms with E-state index in [0.29, 0.717) is 28.7 Å². The zero-order chi connectivity index (χ0) is 28.0. The number of ether oxygens (including phenoxy) is 1. The molecule has 2 aromatic carbocycles. The van der Waals surface area contributed by atoms with Gasteiger partial charge in [0.25, 0.3) is 5.56 Å². The molecule has 0 N–H and O–H groups in total. The third-order valence-electron chi connectivity index (χ3n) is 7.37. The van der Waals surface area contributed by atoms with Crippen molar-refractivity contribution in [2.24, 2.45) is 13.0 Å². The number of hydrogen-bond donors (Lipinski definition) is 0. The molecule has 210 valence electrons. The molecule has 0 unspecified atom stereocenters. The largest absolute Gasteiger partial charge is 0.480 e. The standard InChI is InChI=1S/C30H35N4O5P/c1-33-30(35)28-26(20-31-33)19-27(32-29(28)37-2)34-16-13-23(14-17-34)15-18-40(36,38-21-24-9-5-3-6-10-24)39-22-25-11-7-4-8-12-25/h3-12,19-20,23H,13-18,21-22H2,1-2H3. The highest BCUT2D eigenvalue weighted by atomic mass is 31.2. The van der Waals surface area contributed by atoms with Gasteiger partial charge in [-0.05, 0) is 42.4 Å². The summed E-state index contributed by atoms with van der Waals surface area (Å²) in [5.41, 5.74) is 1.69. The lowest BCUT2D eigenvalue weighted by Gasteiger charge is -2.33. The fourth-order valence-corrected chi connectivity index (χ4v) is 6.67. The highest BCUT2D eigenvalue weighted by molar-refractivity contribution is 7.53. The molecule has 10 heteroatoms. The molecule has 1 fully saturated rings. The second-order valence-corrected chi connectivity index (χ2v) is 12.3. The van der Waals surface area contributed by atoms with E-state index >= 15 is 0 Å². The van der Waals surface area contributed by atoms with Crippen molar-refractivity contribution in [3.8, 4) is 5.88 Å². The number of anilines is 1. The molecule has 0 bridgehead atoms. The van der Waals surface area contributed by atoms with E-state index in [1.807, 2.05) is 66.7 Å². The van der Waals surface area contributed by atoms with Crippen LogP contribution in [0.4, 0.5) is 5.82 Å². The fraction of sp³-hybridized carbons (Fsp3) is 0.367. The Bertz CT molecular complexity index is 1470. The summed E-state index contributed by atoms with van der Waals surface area (Å²) in [6.45, 7) is 2.09. The Morgan fingerprint density at radius 1 is 0.950 bits per heavy atom. The van der Waals surface area contributed by atoms with Crippen molar-refractivity contribution < 1.29 is 18.3 Å². The van der Waals surface area contributed by atoms with Crippen LogP contribution in [-0.4, -0.2) is 41.1 Å². The first kappa shape index (κ1) is 28.0. The van der Waals surface area contributed by atoms with E-state index in [4.69, 9.17) is 13.8 Å². The first-order valence-electron chi connectivity index (χ1n) is 13.6. The molecular formula is C30H35N4O5P. The minimum atomic E-state index is -3.32. The van der Waals surface area contributed by atoms with Crippen molar-refractivity contribution in [2.45, 2.75) is 32.5 Å². The van der Waals surface area contributed by atoms with Crippen LogP contribution in [0.2, 0.25) is 0 Å². The number of methoxy groups -OCH3 is 1. The summed E-state index contributed by atoms with van der Waals surface area (Å²) in [6, 6.07) is 21.4. The van der Waals surface area contributed by atoms with Gasteiger partial charge in [-0.3, -0.25) is 9.36 Å². The van der Waals surface area contributed by atoms with Gasteiger partial charge in [0, 0.05) is 25.5 Å². The predicted molar refractivity (Wildman–Crippen MR) is 156 cm³/mol. The van der Waals surface area contributed by atoms with Crippen LogP contribution in [0.25, 0.3) is 10.8 Å². The molecule has 0 aliphatic carbocycles. The van der Waals surface area contributed by atoms with E-state index in [1.54, 1.807) is 13.2 Å². The normalized spacial score (nSPS) is 14.5. The zero-order valence-electron chi connectivity index (χ0n) is 22.9. The molecule has 3 heterocycles. The van der Waals surface area contributed by atoms with Crippen molar-refractivity contribution >= 4 is 24.2 Å². The molecule has 0 saturated carbocycles. The summed E-state index contributed by atoms with van der Waals surface area (Å²) in [4.78, 5) is 19.4. The number of piperidine rings is 1. The number of rotatable bonds is 11. The molecular weight excluding hydrogens is 527 g/mol. The van der Waals surface area contributed by atoms with Crippen LogP contribution >= 0.6 is 7.60 Å². The zero-order valence-corrected chi connectivity index (χ0v) is 23.8. The Balaban J connectivity index is 1.22. The third-order valence-corrected chi connectivity index (χ3v) is 9.22. The highest BCUT2D eigenvalue weighted by Crippen LogP contribution is 2.51. The summed E-state index contributed by atoms with van der Waals surface area (Å²) in [5.74, 6) is 1.46. The lowest BCUT2D eigenvalue weighted by atomic mass is 9.94. The molecule has 2 aromatic heterocycles. The minimum Gasteiger partial charge on any atom is -0.480 e. The Kier molecular flexibility index (Phi) is 8.94. The van der Waals surface area contributed by atoms with Crippen molar-refractivity contribution in [1.82, 2.24) is 14.8 Å². The first-order chi connectivity index (χ1) is 19.4. The molecule has 1 aliphatic heterocycles. The summed E-state index contributed by atoms with van der Waals surface area (Å²) in [7, 11) is -0.185. The summed E-state index contributed by atoms with van der Waals surface area (Å²) < 4.78 is 32.5. The van der Waals surface area contributed by atoms with Gasteiger partial charge in [-0.2, -0.15) is 10.1 Å². The van der Waals surface area contributed by atoms with Crippen molar-refractivity contribution in [3.05, 3.63) is 94.4 Å². The van der Waals surface area contributed by atoms with E-state index in [0.717, 1.165) is 49.3 Å². The summed E-state index contributed by atoms with van der Waals surface area (Å²) in [5, 5.41) is 5.29. The maximum absolute atomic E-state index is 13.8. The van der Waals surface area contributed by atoms with Crippen LogP contribution in [0.1, 0.15) is 30.4 Å². The van der Waals surface area contributed by atoms with Crippen LogP contribution in [0.5, 0.6) is 5.88 Å². The Hall–Kier alpha value is -3.52. The molecule has 0 radical (unpaired) electrons. The van der Waals surface area contributed by atoms with Gasteiger partial charge >= 0.3 is 7.60 Å². The van der Waals surface area contributed by atoms with Crippen LogP contribution in [0.3, 0.4) is 0 Å². The number of benzene rings is 2. The Morgan fingerprint density at radius 3 is 2.12 bits per heavy atom. The third kappa shape index (κ3) is 6.78. The van der Waals surface area contributed by atoms with E-state index < -0.39 is 7.60 Å². The van der Waals surface area contributed by atoms with Gasteiger partial charge in [0.1, 0.15) is 11.2 Å². The van der Waals surface area contributed by atoms with Gasteiger partial charge in [-0.15, -0.1) is 0 Å². The maximum atomic E-state index is 13.8. The molecule has 9 nitrogen and oxygen atoms in total. The lowest BCUT2D eigenvalue weighted by Crippen LogP contribution is -2.34. The van der Waals surface area contributed by atoms with E-state index in [2.05, 4.69) is 15.0 Å². The summed E-state index contributed by atoms with van der Waals surface area (Å²) in [6.07, 6.45) is 4.64. The maximum Gasteiger partial charge on any atom is 0.331 e. The molecule has 4 aromatic rings. The van der Waals surface area contributed by atoms with Crippen LogP contribution in [-0.2, 0) is 33.9 Å². The van der Waals surface area contributed by atoms with Gasteiger partial charge in [-0.1, -0.05) is 60.7 Å². The molecule has 1 saturated heterocycles. The monoisotopic (exact) mass is 562 g/mol. The van der Waals surface area contributed by atoms with E-state index in [-0.39, 0.29) is 18.8 Å². The van der Waals surface area contributed by atoms with Gasteiger partial charge in [0.05, 0.1) is 32.7 Å². The van der Waals surface area contributed by atoms with Crippen molar-refractivity contribution in [1.29, 1.82) is 0 Å². The summed E-state index contributed by atoms with van der Waals surface area (Å²) >= 11 is 0. The van der Waals surface area contributed by atoms with Gasteiger partial charge in [-0.25, -0.2) is 4.68 Å². The van der Waals surface area contributed by atoms with Crippen LogP contribution < -0.4 is 15.2 Å². The number of pyridine rings is 1. The first-order valence-corrected chi connectivity index (χ1v) is 15.3. The molecule has 0 spiro atoms.